The van der Waals surface area contributed by atoms with Crippen molar-refractivity contribution in [2.45, 2.75) is 12.5 Å². The molecular formula is C11H12N2O. The van der Waals surface area contributed by atoms with Crippen molar-refractivity contribution in [2.75, 3.05) is 18.0 Å². The maximum Gasteiger partial charge on any atom is 0.0991 e. The Bertz CT molecular complexity index is 367. The molecule has 0 aromatic heterocycles. The van der Waals surface area contributed by atoms with Gasteiger partial charge in [-0.05, 0) is 31.2 Å². The van der Waals surface area contributed by atoms with Gasteiger partial charge in [0.2, 0.25) is 0 Å². The Morgan fingerprint density at radius 1 is 1.36 bits per heavy atom. The van der Waals surface area contributed by atoms with Crippen LogP contribution >= 0.6 is 0 Å². The van der Waals surface area contributed by atoms with Gasteiger partial charge in [0.15, 0.2) is 0 Å². The van der Waals surface area contributed by atoms with Crippen LogP contribution in [0, 0.1) is 11.3 Å². The first-order valence-electron chi connectivity index (χ1n) is 4.58. The smallest absolute Gasteiger partial charge is 0.0991 e. The van der Waals surface area contributed by atoms with Gasteiger partial charge in [-0.2, -0.15) is 5.26 Å². The average molecular weight is 188 g/mol. The average Bonchev–Trinajstić information content (AvgIpc) is 2.14. The van der Waals surface area contributed by atoms with Crippen LogP contribution in [0.15, 0.2) is 24.3 Å². The zero-order chi connectivity index (χ0) is 10.2. The largest absolute Gasteiger partial charge is 0.386 e. The van der Waals surface area contributed by atoms with Gasteiger partial charge in [0, 0.05) is 18.8 Å². The van der Waals surface area contributed by atoms with Gasteiger partial charge in [-0.3, -0.25) is 0 Å². The molecule has 0 bridgehead atoms. The van der Waals surface area contributed by atoms with Crippen LogP contribution in [0.2, 0.25) is 0 Å². The lowest BCUT2D eigenvalue weighted by atomic mass is 9.96. The summed E-state index contributed by atoms with van der Waals surface area (Å²) in [5, 5.41) is 18.2. The first-order chi connectivity index (χ1) is 6.61. The zero-order valence-electron chi connectivity index (χ0n) is 8.07. The van der Waals surface area contributed by atoms with Crippen molar-refractivity contribution >= 4 is 5.69 Å². The molecule has 0 radical (unpaired) electrons. The summed E-state index contributed by atoms with van der Waals surface area (Å²) in [6.07, 6.45) is 0. The second-order valence-corrected chi connectivity index (χ2v) is 4.01. The normalized spacial score (nSPS) is 18.5. The van der Waals surface area contributed by atoms with Crippen molar-refractivity contribution in [1.82, 2.24) is 0 Å². The van der Waals surface area contributed by atoms with Crippen LogP contribution in [-0.4, -0.2) is 23.8 Å². The lowest BCUT2D eigenvalue weighted by Crippen LogP contribution is -2.60. The third-order valence-electron chi connectivity index (χ3n) is 2.42. The molecule has 1 aromatic carbocycles. The lowest BCUT2D eigenvalue weighted by molar-refractivity contribution is 0.0310. The number of rotatable bonds is 1. The zero-order valence-corrected chi connectivity index (χ0v) is 8.07. The SMILES string of the molecule is CC1(O)CN(c2ccc(C#N)cc2)C1. The van der Waals surface area contributed by atoms with Crippen LogP contribution in [0.1, 0.15) is 12.5 Å². The van der Waals surface area contributed by atoms with Crippen molar-refractivity contribution < 1.29 is 5.11 Å². The Morgan fingerprint density at radius 2 is 1.93 bits per heavy atom. The molecule has 0 aliphatic carbocycles. The van der Waals surface area contributed by atoms with Crippen LogP contribution in [0.3, 0.4) is 0 Å². The minimum absolute atomic E-state index is 0.548. The molecule has 72 valence electrons. The van der Waals surface area contributed by atoms with Gasteiger partial charge in [-0.25, -0.2) is 0 Å². The minimum atomic E-state index is -0.548. The molecule has 0 spiro atoms. The molecule has 0 saturated carbocycles. The van der Waals surface area contributed by atoms with Gasteiger partial charge in [-0.1, -0.05) is 0 Å². The summed E-state index contributed by atoms with van der Waals surface area (Å²) in [5.74, 6) is 0. The number of benzene rings is 1. The first kappa shape index (κ1) is 9.04. The Hall–Kier alpha value is -1.53. The van der Waals surface area contributed by atoms with E-state index in [4.69, 9.17) is 5.26 Å². The van der Waals surface area contributed by atoms with Gasteiger partial charge in [0.25, 0.3) is 0 Å². The maximum absolute atomic E-state index is 9.55. The summed E-state index contributed by atoms with van der Waals surface area (Å²) in [7, 11) is 0. The third-order valence-corrected chi connectivity index (χ3v) is 2.42. The van der Waals surface area contributed by atoms with E-state index in [0.717, 1.165) is 5.69 Å². The number of β-amino-alcohol motifs (C(OH)–C–C–N with tert-alkyl or cyclic N) is 1. The number of hydrogen-bond acceptors (Lipinski definition) is 3. The Kier molecular flexibility index (Phi) is 1.94. The molecule has 1 saturated heterocycles. The number of nitriles is 1. The van der Waals surface area contributed by atoms with Gasteiger partial charge in [-0.15, -0.1) is 0 Å². The Balaban J connectivity index is 2.09. The Labute approximate surface area is 83.2 Å². The first-order valence-corrected chi connectivity index (χ1v) is 4.58. The van der Waals surface area contributed by atoms with Crippen LogP contribution in [0.25, 0.3) is 0 Å². The van der Waals surface area contributed by atoms with Crippen molar-refractivity contribution in [2.24, 2.45) is 0 Å². The summed E-state index contributed by atoms with van der Waals surface area (Å²) in [6, 6.07) is 9.49. The molecule has 14 heavy (non-hydrogen) atoms. The monoisotopic (exact) mass is 188 g/mol. The van der Waals surface area contributed by atoms with Gasteiger partial charge in [0.1, 0.15) is 0 Å². The molecule has 1 heterocycles. The van der Waals surface area contributed by atoms with E-state index in [1.54, 1.807) is 12.1 Å². The third kappa shape index (κ3) is 1.57. The van der Waals surface area contributed by atoms with E-state index in [0.29, 0.717) is 18.7 Å². The summed E-state index contributed by atoms with van der Waals surface area (Å²) >= 11 is 0. The standard InChI is InChI=1S/C11H12N2O/c1-11(14)7-13(8-11)10-4-2-9(6-12)3-5-10/h2-5,14H,7-8H2,1H3. The highest BCUT2D eigenvalue weighted by atomic mass is 16.3. The van der Waals surface area contributed by atoms with Crippen LogP contribution in [-0.2, 0) is 0 Å². The highest BCUT2D eigenvalue weighted by Crippen LogP contribution is 2.26. The topological polar surface area (TPSA) is 47.3 Å². The molecule has 0 atom stereocenters. The van der Waals surface area contributed by atoms with Crippen LogP contribution in [0.4, 0.5) is 5.69 Å². The molecular weight excluding hydrogens is 176 g/mol. The van der Waals surface area contributed by atoms with E-state index >= 15 is 0 Å². The molecule has 3 heteroatoms. The lowest BCUT2D eigenvalue weighted by Gasteiger charge is -2.45. The second kappa shape index (κ2) is 3.00. The van der Waals surface area contributed by atoms with E-state index in [9.17, 15) is 5.11 Å². The molecule has 1 fully saturated rings. The predicted octanol–water partition coefficient (Wildman–Crippen LogP) is 1.13. The highest BCUT2D eigenvalue weighted by molar-refractivity contribution is 5.52. The molecule has 1 aromatic rings. The fraction of sp³-hybridized carbons (Fsp3) is 0.364. The van der Waals surface area contributed by atoms with Crippen LogP contribution < -0.4 is 4.90 Å². The van der Waals surface area contributed by atoms with Gasteiger partial charge in [0.05, 0.1) is 17.2 Å². The van der Waals surface area contributed by atoms with E-state index in [1.807, 2.05) is 19.1 Å². The Morgan fingerprint density at radius 3 is 2.36 bits per heavy atom. The molecule has 2 rings (SSSR count). The van der Waals surface area contributed by atoms with E-state index in [2.05, 4.69) is 11.0 Å². The van der Waals surface area contributed by atoms with Crippen molar-refractivity contribution in [1.29, 1.82) is 5.26 Å². The van der Waals surface area contributed by atoms with E-state index in [-0.39, 0.29) is 0 Å². The second-order valence-electron chi connectivity index (χ2n) is 4.01. The summed E-state index contributed by atoms with van der Waals surface area (Å²) in [6.45, 7) is 3.16. The highest BCUT2D eigenvalue weighted by Gasteiger charge is 2.36. The maximum atomic E-state index is 9.55. The number of aliphatic hydroxyl groups is 1. The predicted molar refractivity (Wildman–Crippen MR) is 54.0 cm³/mol. The van der Waals surface area contributed by atoms with E-state index in [1.165, 1.54) is 0 Å². The molecule has 1 N–H and O–H groups in total. The van der Waals surface area contributed by atoms with Gasteiger partial charge < -0.3 is 10.0 Å². The fourth-order valence-corrected chi connectivity index (χ4v) is 1.71. The van der Waals surface area contributed by atoms with Gasteiger partial charge >= 0.3 is 0 Å². The number of nitrogens with zero attached hydrogens (tertiary/aromatic N) is 2. The van der Waals surface area contributed by atoms with Crippen LogP contribution in [0.5, 0.6) is 0 Å². The van der Waals surface area contributed by atoms with Crippen molar-refractivity contribution in [3.05, 3.63) is 29.8 Å². The summed E-state index contributed by atoms with van der Waals surface area (Å²) in [5.41, 5.74) is 1.19. The summed E-state index contributed by atoms with van der Waals surface area (Å²) in [4.78, 5) is 2.08. The molecule has 1 aliphatic heterocycles. The van der Waals surface area contributed by atoms with Crippen molar-refractivity contribution in [3.8, 4) is 6.07 Å². The summed E-state index contributed by atoms with van der Waals surface area (Å²) < 4.78 is 0. The molecule has 1 aliphatic rings. The van der Waals surface area contributed by atoms with E-state index < -0.39 is 5.60 Å². The minimum Gasteiger partial charge on any atom is -0.386 e. The molecule has 0 unspecified atom stereocenters. The number of anilines is 1. The number of hydrogen-bond donors (Lipinski definition) is 1. The van der Waals surface area contributed by atoms with Crippen molar-refractivity contribution in [3.63, 3.8) is 0 Å². The fourth-order valence-electron chi connectivity index (χ4n) is 1.71. The molecule has 3 nitrogen and oxygen atoms in total. The quantitative estimate of drug-likeness (QED) is 0.718. The molecule has 0 amide bonds.